The summed E-state index contributed by atoms with van der Waals surface area (Å²) in [7, 11) is 0. The van der Waals surface area contributed by atoms with Crippen LogP contribution >= 0.6 is 22.9 Å². The minimum absolute atomic E-state index is 0.101. The first-order valence-corrected chi connectivity index (χ1v) is 8.02. The van der Waals surface area contributed by atoms with E-state index in [0.717, 1.165) is 34.7 Å². The molecule has 2 aromatic rings. The van der Waals surface area contributed by atoms with Gasteiger partial charge in [-0.2, -0.15) is 0 Å². The van der Waals surface area contributed by atoms with E-state index < -0.39 is 0 Å². The van der Waals surface area contributed by atoms with Crippen molar-refractivity contribution in [2.24, 2.45) is 0 Å². The first-order valence-electron chi connectivity index (χ1n) is 6.82. The molecule has 0 radical (unpaired) electrons. The minimum Gasteiger partial charge on any atom is -0.368 e. The molecular formula is C15H15ClN2O2S. The van der Waals surface area contributed by atoms with Gasteiger partial charge in [-0.15, -0.1) is 11.3 Å². The Labute approximate surface area is 132 Å². The number of hydrogen-bond donors (Lipinski definition) is 1. The zero-order chi connectivity index (χ0) is 14.7. The van der Waals surface area contributed by atoms with Gasteiger partial charge in [0.25, 0.3) is 5.91 Å². The number of anilines is 1. The number of nitrogens with one attached hydrogen (secondary N) is 1. The molecule has 0 unspecified atom stereocenters. The van der Waals surface area contributed by atoms with Crippen molar-refractivity contribution in [3.8, 4) is 0 Å². The molecule has 1 amide bonds. The van der Waals surface area contributed by atoms with Crippen molar-refractivity contribution in [3.05, 3.63) is 45.9 Å². The van der Waals surface area contributed by atoms with E-state index in [9.17, 15) is 4.79 Å². The standard InChI is InChI=1S/C15H15ClN2O2S/c16-11-4-1-3-10(7-11)8-12-9-17-15(21-12)18-14(19)13-5-2-6-20-13/h1,3-4,7,9,13H,2,5-6,8H2,(H,17,18,19)/t13-/m0/s1. The second-order valence-electron chi connectivity index (χ2n) is 4.93. The second-order valence-corrected chi connectivity index (χ2v) is 6.48. The SMILES string of the molecule is O=C(Nc1ncc(Cc2cccc(Cl)c2)s1)[C@@H]1CCCO1. The van der Waals surface area contributed by atoms with Crippen molar-refractivity contribution in [2.45, 2.75) is 25.4 Å². The lowest BCUT2D eigenvalue weighted by Gasteiger charge is -2.07. The van der Waals surface area contributed by atoms with E-state index >= 15 is 0 Å². The molecule has 1 N–H and O–H groups in total. The van der Waals surface area contributed by atoms with Gasteiger partial charge in [0.15, 0.2) is 5.13 Å². The molecule has 1 fully saturated rings. The second kappa shape index (κ2) is 6.56. The summed E-state index contributed by atoms with van der Waals surface area (Å²) in [5.41, 5.74) is 1.13. The molecular weight excluding hydrogens is 308 g/mol. The predicted octanol–water partition coefficient (Wildman–Crippen LogP) is 3.50. The zero-order valence-corrected chi connectivity index (χ0v) is 12.9. The molecule has 2 heterocycles. The van der Waals surface area contributed by atoms with Crippen LogP contribution in [0.25, 0.3) is 0 Å². The molecule has 0 spiro atoms. The number of thiazole rings is 1. The highest BCUT2D eigenvalue weighted by molar-refractivity contribution is 7.15. The topological polar surface area (TPSA) is 51.2 Å². The van der Waals surface area contributed by atoms with Gasteiger partial charge >= 0.3 is 0 Å². The van der Waals surface area contributed by atoms with Gasteiger partial charge in [-0.25, -0.2) is 4.98 Å². The third kappa shape index (κ3) is 3.81. The Morgan fingerprint density at radius 2 is 2.43 bits per heavy atom. The summed E-state index contributed by atoms with van der Waals surface area (Å²) in [5.74, 6) is -0.101. The molecule has 1 atom stereocenters. The van der Waals surface area contributed by atoms with Gasteiger partial charge in [0.2, 0.25) is 0 Å². The summed E-state index contributed by atoms with van der Waals surface area (Å²) in [5, 5.41) is 4.16. The number of benzene rings is 1. The van der Waals surface area contributed by atoms with Gasteiger partial charge in [0.05, 0.1) is 0 Å². The Morgan fingerprint density at radius 1 is 1.52 bits per heavy atom. The average molecular weight is 323 g/mol. The maximum Gasteiger partial charge on any atom is 0.255 e. The number of carbonyl (C=O) groups excluding carboxylic acids is 1. The van der Waals surface area contributed by atoms with Crippen molar-refractivity contribution in [1.82, 2.24) is 4.98 Å². The fourth-order valence-electron chi connectivity index (χ4n) is 2.27. The molecule has 1 aromatic heterocycles. The van der Waals surface area contributed by atoms with Crippen molar-refractivity contribution >= 4 is 34.0 Å². The molecule has 3 rings (SSSR count). The van der Waals surface area contributed by atoms with Crippen LogP contribution in [0.5, 0.6) is 0 Å². The van der Waals surface area contributed by atoms with E-state index in [4.69, 9.17) is 16.3 Å². The van der Waals surface area contributed by atoms with E-state index in [0.29, 0.717) is 11.7 Å². The van der Waals surface area contributed by atoms with E-state index in [-0.39, 0.29) is 12.0 Å². The summed E-state index contributed by atoms with van der Waals surface area (Å²) in [4.78, 5) is 17.3. The van der Waals surface area contributed by atoms with Crippen LogP contribution in [0, 0.1) is 0 Å². The Balaban J connectivity index is 1.62. The van der Waals surface area contributed by atoms with Crippen LogP contribution in [0.2, 0.25) is 5.02 Å². The third-order valence-corrected chi connectivity index (χ3v) is 4.42. The van der Waals surface area contributed by atoms with Crippen molar-refractivity contribution < 1.29 is 9.53 Å². The first kappa shape index (κ1) is 14.5. The van der Waals surface area contributed by atoms with Crippen LogP contribution in [0.4, 0.5) is 5.13 Å². The zero-order valence-electron chi connectivity index (χ0n) is 11.3. The van der Waals surface area contributed by atoms with Crippen LogP contribution in [0.1, 0.15) is 23.3 Å². The largest absolute Gasteiger partial charge is 0.368 e. The number of halogens is 1. The van der Waals surface area contributed by atoms with Crippen LogP contribution in [0.3, 0.4) is 0 Å². The molecule has 0 bridgehead atoms. The fourth-order valence-corrected chi connectivity index (χ4v) is 3.33. The summed E-state index contributed by atoms with van der Waals surface area (Å²) < 4.78 is 5.35. The van der Waals surface area contributed by atoms with E-state index in [1.54, 1.807) is 6.20 Å². The van der Waals surface area contributed by atoms with Crippen LogP contribution in [0.15, 0.2) is 30.5 Å². The van der Waals surface area contributed by atoms with Gasteiger partial charge in [-0.3, -0.25) is 10.1 Å². The lowest BCUT2D eigenvalue weighted by atomic mass is 10.1. The van der Waals surface area contributed by atoms with Crippen molar-refractivity contribution in [3.63, 3.8) is 0 Å². The summed E-state index contributed by atoms with van der Waals surface area (Å²) in [6.07, 6.45) is 3.94. The highest BCUT2D eigenvalue weighted by atomic mass is 35.5. The molecule has 0 saturated carbocycles. The maximum absolute atomic E-state index is 11.9. The Bertz CT molecular complexity index is 638. The van der Waals surface area contributed by atoms with E-state index in [2.05, 4.69) is 10.3 Å². The third-order valence-electron chi connectivity index (χ3n) is 3.27. The lowest BCUT2D eigenvalue weighted by molar-refractivity contribution is -0.124. The van der Waals surface area contributed by atoms with Gasteiger partial charge < -0.3 is 4.74 Å². The number of nitrogens with zero attached hydrogens (tertiary/aromatic N) is 1. The number of rotatable bonds is 4. The monoisotopic (exact) mass is 322 g/mol. The van der Waals surface area contributed by atoms with Gasteiger partial charge in [-0.1, -0.05) is 23.7 Å². The van der Waals surface area contributed by atoms with Gasteiger partial charge in [0.1, 0.15) is 6.10 Å². The van der Waals surface area contributed by atoms with Gasteiger partial charge in [-0.05, 0) is 30.5 Å². The summed E-state index contributed by atoms with van der Waals surface area (Å²) in [6.45, 7) is 0.663. The molecule has 1 aromatic carbocycles. The Kier molecular flexibility index (Phi) is 4.53. The number of ether oxygens (including phenoxy) is 1. The maximum atomic E-state index is 11.9. The van der Waals surface area contributed by atoms with Crippen LogP contribution < -0.4 is 5.32 Å². The fraction of sp³-hybridized carbons (Fsp3) is 0.333. The van der Waals surface area contributed by atoms with Crippen molar-refractivity contribution in [2.75, 3.05) is 11.9 Å². The molecule has 4 nitrogen and oxygen atoms in total. The molecule has 21 heavy (non-hydrogen) atoms. The van der Waals surface area contributed by atoms with Crippen molar-refractivity contribution in [1.29, 1.82) is 0 Å². The smallest absolute Gasteiger partial charge is 0.255 e. The summed E-state index contributed by atoms with van der Waals surface area (Å²) in [6, 6.07) is 7.74. The quantitative estimate of drug-likeness (QED) is 0.937. The molecule has 110 valence electrons. The molecule has 1 aliphatic rings. The number of aromatic nitrogens is 1. The Hall–Kier alpha value is -1.43. The number of amides is 1. The molecule has 1 aliphatic heterocycles. The van der Waals surface area contributed by atoms with Gasteiger partial charge in [0, 0.05) is 29.1 Å². The molecule has 6 heteroatoms. The van der Waals surface area contributed by atoms with E-state index in [1.807, 2.05) is 24.3 Å². The normalized spacial score (nSPS) is 17.9. The number of carbonyl (C=O) groups is 1. The van der Waals surface area contributed by atoms with Crippen LogP contribution in [-0.4, -0.2) is 23.6 Å². The minimum atomic E-state index is -0.328. The predicted molar refractivity (Wildman–Crippen MR) is 84.0 cm³/mol. The number of hydrogen-bond acceptors (Lipinski definition) is 4. The van der Waals surface area contributed by atoms with E-state index in [1.165, 1.54) is 11.3 Å². The van der Waals surface area contributed by atoms with Crippen LogP contribution in [-0.2, 0) is 16.0 Å². The Morgan fingerprint density at radius 3 is 3.19 bits per heavy atom. The average Bonchev–Trinajstić information content (AvgIpc) is 3.10. The lowest BCUT2D eigenvalue weighted by Crippen LogP contribution is -2.26. The highest BCUT2D eigenvalue weighted by Gasteiger charge is 2.24. The highest BCUT2D eigenvalue weighted by Crippen LogP contribution is 2.23. The first-order chi connectivity index (χ1) is 10.2. The summed E-state index contributed by atoms with van der Waals surface area (Å²) >= 11 is 7.45. The molecule has 0 aliphatic carbocycles. The molecule has 1 saturated heterocycles.